The SMILES string of the molecule is CC(C)OC(=O)c1ccc(NC(=O)[C@H](Cc2ccccc2)N2C(=O)[C@@H]3[C@H](C2=O)[C@@H]2C=C[C@H]3C2)cc1. The number of carbonyl (C=O) groups excluding carboxylic acids is 4. The number of likely N-dealkylation sites (tertiary alicyclic amines) is 1. The highest BCUT2D eigenvalue weighted by atomic mass is 16.5. The second-order valence-electron chi connectivity index (χ2n) is 9.77. The molecule has 5 atom stereocenters. The summed E-state index contributed by atoms with van der Waals surface area (Å²) in [4.78, 5) is 53.6. The van der Waals surface area contributed by atoms with Crippen LogP contribution in [0.1, 0.15) is 36.2 Å². The van der Waals surface area contributed by atoms with E-state index in [1.54, 1.807) is 38.1 Å². The van der Waals surface area contributed by atoms with Gasteiger partial charge in [0.1, 0.15) is 6.04 Å². The van der Waals surface area contributed by atoms with Crippen molar-refractivity contribution in [2.45, 2.75) is 38.8 Å². The van der Waals surface area contributed by atoms with Crippen molar-refractivity contribution in [3.8, 4) is 0 Å². The Labute approximate surface area is 204 Å². The highest BCUT2D eigenvalue weighted by molar-refractivity contribution is 6.11. The summed E-state index contributed by atoms with van der Waals surface area (Å²) in [7, 11) is 0. The number of esters is 1. The summed E-state index contributed by atoms with van der Waals surface area (Å²) in [6, 6.07) is 14.8. The molecule has 1 aliphatic heterocycles. The molecule has 1 saturated heterocycles. The zero-order valence-corrected chi connectivity index (χ0v) is 19.7. The van der Waals surface area contributed by atoms with E-state index in [1.165, 1.54) is 4.90 Å². The van der Waals surface area contributed by atoms with E-state index in [0.29, 0.717) is 11.3 Å². The van der Waals surface area contributed by atoms with Crippen LogP contribution < -0.4 is 5.32 Å². The molecule has 0 aromatic heterocycles. The first-order valence-electron chi connectivity index (χ1n) is 12.0. The van der Waals surface area contributed by atoms with Crippen LogP contribution >= 0.6 is 0 Å². The minimum atomic E-state index is -0.965. The molecule has 0 unspecified atom stereocenters. The molecule has 3 aliphatic rings. The van der Waals surface area contributed by atoms with Crippen LogP contribution in [0.25, 0.3) is 0 Å². The van der Waals surface area contributed by atoms with Gasteiger partial charge < -0.3 is 10.1 Å². The van der Waals surface area contributed by atoms with Gasteiger partial charge in [-0.25, -0.2) is 4.79 Å². The first kappa shape index (κ1) is 23.0. The molecule has 1 saturated carbocycles. The maximum Gasteiger partial charge on any atom is 0.338 e. The maximum atomic E-state index is 13.5. The van der Waals surface area contributed by atoms with Gasteiger partial charge in [-0.2, -0.15) is 0 Å². The van der Waals surface area contributed by atoms with Crippen molar-refractivity contribution in [3.63, 3.8) is 0 Å². The summed E-state index contributed by atoms with van der Waals surface area (Å²) >= 11 is 0. The molecular weight excluding hydrogens is 444 g/mol. The van der Waals surface area contributed by atoms with Gasteiger partial charge in [0.25, 0.3) is 0 Å². The van der Waals surface area contributed by atoms with Gasteiger partial charge in [0, 0.05) is 12.1 Å². The molecule has 2 aliphatic carbocycles. The molecule has 2 aromatic carbocycles. The predicted octanol–water partition coefficient (Wildman–Crippen LogP) is 3.61. The summed E-state index contributed by atoms with van der Waals surface area (Å²) in [6.07, 6.45) is 4.91. The van der Waals surface area contributed by atoms with E-state index >= 15 is 0 Å². The Morgan fingerprint density at radius 3 is 2.11 bits per heavy atom. The van der Waals surface area contributed by atoms with Crippen molar-refractivity contribution in [2.75, 3.05) is 5.32 Å². The van der Waals surface area contributed by atoms with Crippen LogP contribution in [0.15, 0.2) is 66.7 Å². The molecule has 35 heavy (non-hydrogen) atoms. The van der Waals surface area contributed by atoms with E-state index < -0.39 is 17.9 Å². The molecule has 1 heterocycles. The number of ether oxygens (including phenoxy) is 1. The van der Waals surface area contributed by atoms with Gasteiger partial charge in [0.2, 0.25) is 17.7 Å². The highest BCUT2D eigenvalue weighted by Gasteiger charge is 2.61. The topological polar surface area (TPSA) is 92.8 Å². The monoisotopic (exact) mass is 472 g/mol. The summed E-state index contributed by atoms with van der Waals surface area (Å²) in [6.45, 7) is 3.55. The minimum absolute atomic E-state index is 0.0741. The number of benzene rings is 2. The maximum absolute atomic E-state index is 13.5. The summed E-state index contributed by atoms with van der Waals surface area (Å²) in [5.41, 5.74) is 1.70. The standard InChI is InChI=1S/C28H28N2O5/c1-16(2)35-28(34)18-10-12-21(13-11-18)29-25(31)22(14-17-6-4-3-5-7-17)30-26(32)23-19-8-9-20(15-19)24(23)27(30)33/h3-13,16,19-20,22-24H,14-15H2,1-2H3,(H,29,31)/t19-,20+,22-,23-,24+/m0/s1. The number of amides is 3. The van der Waals surface area contributed by atoms with E-state index in [2.05, 4.69) is 5.32 Å². The average molecular weight is 473 g/mol. The zero-order valence-electron chi connectivity index (χ0n) is 19.7. The van der Waals surface area contributed by atoms with Gasteiger partial charge in [-0.3, -0.25) is 19.3 Å². The molecule has 3 amide bonds. The number of carbonyl (C=O) groups is 4. The molecule has 2 fully saturated rings. The number of imide groups is 1. The third-order valence-corrected chi connectivity index (χ3v) is 7.12. The number of anilines is 1. The van der Waals surface area contributed by atoms with Gasteiger partial charge in [0.05, 0.1) is 23.5 Å². The third-order valence-electron chi connectivity index (χ3n) is 7.12. The fraction of sp³-hybridized carbons (Fsp3) is 0.357. The van der Waals surface area contributed by atoms with Crippen molar-refractivity contribution in [2.24, 2.45) is 23.7 Å². The number of fused-ring (bicyclic) bond motifs is 5. The Morgan fingerprint density at radius 1 is 0.943 bits per heavy atom. The predicted molar refractivity (Wildman–Crippen MR) is 129 cm³/mol. The van der Waals surface area contributed by atoms with E-state index in [9.17, 15) is 19.2 Å². The van der Waals surface area contributed by atoms with Gasteiger partial charge in [0.15, 0.2) is 0 Å². The lowest BCUT2D eigenvalue weighted by atomic mass is 9.85. The number of hydrogen-bond donors (Lipinski definition) is 1. The minimum Gasteiger partial charge on any atom is -0.459 e. The largest absolute Gasteiger partial charge is 0.459 e. The lowest BCUT2D eigenvalue weighted by Crippen LogP contribution is -2.49. The highest BCUT2D eigenvalue weighted by Crippen LogP contribution is 2.53. The Kier molecular flexibility index (Phi) is 6.01. The van der Waals surface area contributed by atoms with Crippen LogP contribution in [0, 0.1) is 23.7 Å². The van der Waals surface area contributed by atoms with Crippen molar-refractivity contribution < 1.29 is 23.9 Å². The first-order valence-corrected chi connectivity index (χ1v) is 12.0. The average Bonchev–Trinajstić information content (AvgIpc) is 3.52. The molecule has 0 radical (unpaired) electrons. The van der Waals surface area contributed by atoms with Crippen LogP contribution in [0.2, 0.25) is 0 Å². The van der Waals surface area contributed by atoms with Crippen molar-refractivity contribution >= 4 is 29.4 Å². The van der Waals surface area contributed by atoms with Crippen LogP contribution in [0.5, 0.6) is 0 Å². The van der Waals surface area contributed by atoms with Crippen LogP contribution in [0.3, 0.4) is 0 Å². The molecule has 1 N–H and O–H groups in total. The molecular formula is C28H28N2O5. The quantitative estimate of drug-likeness (QED) is 0.378. The van der Waals surface area contributed by atoms with Gasteiger partial charge >= 0.3 is 5.97 Å². The molecule has 5 rings (SSSR count). The smallest absolute Gasteiger partial charge is 0.338 e. The summed E-state index contributed by atoms with van der Waals surface area (Å²) in [5.74, 6) is -1.96. The first-order chi connectivity index (χ1) is 16.8. The number of allylic oxidation sites excluding steroid dienone is 2. The van der Waals surface area contributed by atoms with E-state index in [-0.39, 0.29) is 48.0 Å². The van der Waals surface area contributed by atoms with Crippen LogP contribution in [-0.4, -0.2) is 40.7 Å². The molecule has 7 nitrogen and oxygen atoms in total. The van der Waals surface area contributed by atoms with E-state index in [1.807, 2.05) is 42.5 Å². The Balaban J connectivity index is 1.38. The lowest BCUT2D eigenvalue weighted by molar-refractivity contribution is -0.147. The summed E-state index contributed by atoms with van der Waals surface area (Å²) < 4.78 is 5.20. The Bertz CT molecular complexity index is 1160. The number of nitrogens with zero attached hydrogens (tertiary/aromatic N) is 1. The molecule has 7 heteroatoms. The Hall–Kier alpha value is -3.74. The van der Waals surface area contributed by atoms with Crippen molar-refractivity contribution in [3.05, 3.63) is 77.9 Å². The lowest BCUT2D eigenvalue weighted by Gasteiger charge is -2.27. The van der Waals surface area contributed by atoms with E-state index in [0.717, 1.165) is 12.0 Å². The Morgan fingerprint density at radius 2 is 1.54 bits per heavy atom. The second kappa shape index (κ2) is 9.13. The number of rotatable bonds is 7. The molecule has 180 valence electrons. The van der Waals surface area contributed by atoms with Crippen LogP contribution in [-0.2, 0) is 25.5 Å². The summed E-state index contributed by atoms with van der Waals surface area (Å²) in [5, 5.41) is 2.84. The fourth-order valence-corrected chi connectivity index (χ4v) is 5.57. The number of hydrogen-bond acceptors (Lipinski definition) is 5. The van der Waals surface area contributed by atoms with Crippen molar-refractivity contribution in [1.82, 2.24) is 4.90 Å². The van der Waals surface area contributed by atoms with E-state index in [4.69, 9.17) is 4.74 Å². The fourth-order valence-electron chi connectivity index (χ4n) is 5.57. The molecule has 2 bridgehead atoms. The normalized spacial score (nSPS) is 25.2. The van der Waals surface area contributed by atoms with Gasteiger partial charge in [-0.15, -0.1) is 0 Å². The van der Waals surface area contributed by atoms with Gasteiger partial charge in [-0.1, -0.05) is 42.5 Å². The van der Waals surface area contributed by atoms with Gasteiger partial charge in [-0.05, 0) is 61.9 Å². The van der Waals surface area contributed by atoms with Crippen LogP contribution in [0.4, 0.5) is 5.69 Å². The molecule has 0 spiro atoms. The zero-order chi connectivity index (χ0) is 24.7. The third kappa shape index (κ3) is 4.27. The van der Waals surface area contributed by atoms with Crippen molar-refractivity contribution in [1.29, 1.82) is 0 Å². The molecule has 2 aromatic rings. The second-order valence-corrected chi connectivity index (χ2v) is 9.77. The number of nitrogens with one attached hydrogen (secondary N) is 1.